The number of azo groups is 1. The molecule has 2 rings (SSSR count). The van der Waals surface area contributed by atoms with Crippen molar-refractivity contribution < 1.29 is 26.4 Å². The molecule has 9 heteroatoms. The zero-order chi connectivity index (χ0) is 16.2. The fraction of sp³-hybridized carbons (Fsp3) is 0. The highest BCUT2D eigenvalue weighted by atomic mass is 32.3. The number of nitrogens with zero attached hydrogens (tertiary/aromatic N) is 2. The number of hydrogen-bond acceptors (Lipinski definition) is 6. The normalized spacial score (nSPS) is 11.5. The SMILES string of the molecule is O=C(O)c1ccccc1N=Nc1ccc(OS(=O)(=O)F)cc1. The molecule has 0 bridgehead atoms. The third kappa shape index (κ3) is 4.35. The van der Waals surface area contributed by atoms with Crippen LogP contribution in [0.2, 0.25) is 0 Å². The van der Waals surface area contributed by atoms with Gasteiger partial charge in [-0.1, -0.05) is 16.0 Å². The molecule has 0 atom stereocenters. The van der Waals surface area contributed by atoms with Crippen molar-refractivity contribution >= 4 is 27.8 Å². The van der Waals surface area contributed by atoms with Gasteiger partial charge in [0.2, 0.25) is 0 Å². The van der Waals surface area contributed by atoms with E-state index in [1.165, 1.54) is 36.4 Å². The summed E-state index contributed by atoms with van der Waals surface area (Å²) in [6, 6.07) is 11.1. The number of aromatic carboxylic acids is 1. The first-order valence-electron chi connectivity index (χ1n) is 5.83. The molecular weight excluding hydrogens is 315 g/mol. The van der Waals surface area contributed by atoms with Gasteiger partial charge in [-0.3, -0.25) is 0 Å². The number of rotatable bonds is 5. The van der Waals surface area contributed by atoms with Gasteiger partial charge in [-0.2, -0.15) is 13.5 Å². The molecule has 0 fully saturated rings. The lowest BCUT2D eigenvalue weighted by Gasteiger charge is -2.00. The van der Waals surface area contributed by atoms with Crippen molar-refractivity contribution in [2.45, 2.75) is 0 Å². The number of carboxylic acid groups (broad SMARTS) is 1. The molecule has 0 spiro atoms. The van der Waals surface area contributed by atoms with Crippen LogP contribution in [0.5, 0.6) is 5.75 Å². The van der Waals surface area contributed by atoms with Crippen LogP contribution in [-0.2, 0) is 10.5 Å². The number of hydrogen-bond donors (Lipinski definition) is 1. The molecule has 7 nitrogen and oxygen atoms in total. The predicted molar refractivity (Wildman–Crippen MR) is 74.7 cm³/mol. The summed E-state index contributed by atoms with van der Waals surface area (Å²) >= 11 is 0. The Morgan fingerprint density at radius 2 is 1.68 bits per heavy atom. The lowest BCUT2D eigenvalue weighted by Crippen LogP contribution is -2.00. The summed E-state index contributed by atoms with van der Waals surface area (Å²) in [5, 5.41) is 16.6. The molecule has 22 heavy (non-hydrogen) atoms. The summed E-state index contributed by atoms with van der Waals surface area (Å²) < 4.78 is 37.0. The molecule has 0 unspecified atom stereocenters. The molecular formula is C13H9FN2O5S. The standard InChI is InChI=1S/C13H9FN2O5S/c14-22(19,20)21-10-7-5-9(6-8-10)15-16-12-4-2-1-3-11(12)13(17)18/h1-8H,(H,17,18). The lowest BCUT2D eigenvalue weighted by molar-refractivity contribution is 0.0697. The summed E-state index contributed by atoms with van der Waals surface area (Å²) in [4.78, 5) is 11.0. The molecule has 114 valence electrons. The maximum Gasteiger partial charge on any atom is 0.488 e. The fourth-order valence-electron chi connectivity index (χ4n) is 1.54. The van der Waals surface area contributed by atoms with Gasteiger partial charge in [-0.05, 0) is 36.4 Å². The second-order valence-corrected chi connectivity index (χ2v) is 4.95. The van der Waals surface area contributed by atoms with Crippen LogP contribution in [0.25, 0.3) is 0 Å². The van der Waals surface area contributed by atoms with Crippen LogP contribution in [0.1, 0.15) is 10.4 Å². The van der Waals surface area contributed by atoms with Crippen molar-refractivity contribution in [3.63, 3.8) is 0 Å². The van der Waals surface area contributed by atoms with E-state index in [0.29, 0.717) is 5.69 Å². The third-order valence-corrected chi connectivity index (χ3v) is 2.83. The van der Waals surface area contributed by atoms with Crippen molar-refractivity contribution in [1.29, 1.82) is 0 Å². The Balaban J connectivity index is 2.19. The Kier molecular flexibility index (Phi) is 4.47. The van der Waals surface area contributed by atoms with Gasteiger partial charge < -0.3 is 9.29 Å². The molecule has 0 radical (unpaired) electrons. The van der Waals surface area contributed by atoms with E-state index >= 15 is 0 Å². The molecule has 0 aliphatic rings. The van der Waals surface area contributed by atoms with Crippen molar-refractivity contribution in [2.75, 3.05) is 0 Å². The Morgan fingerprint density at radius 1 is 1.05 bits per heavy atom. The quantitative estimate of drug-likeness (QED) is 0.670. The maximum atomic E-state index is 12.3. The molecule has 0 heterocycles. The number of halogens is 1. The topological polar surface area (TPSA) is 105 Å². The van der Waals surface area contributed by atoms with Crippen LogP contribution in [0, 0.1) is 0 Å². The van der Waals surface area contributed by atoms with E-state index in [1.807, 2.05) is 0 Å². The fourth-order valence-corrected chi connectivity index (χ4v) is 1.88. The van der Waals surface area contributed by atoms with E-state index in [1.54, 1.807) is 12.1 Å². The number of carboxylic acids is 1. The summed E-state index contributed by atoms with van der Waals surface area (Å²) in [7, 11) is -5.08. The van der Waals surface area contributed by atoms with E-state index in [0.717, 1.165) is 0 Å². The van der Waals surface area contributed by atoms with Gasteiger partial charge >= 0.3 is 16.5 Å². The first-order chi connectivity index (χ1) is 10.3. The molecule has 0 aromatic heterocycles. The van der Waals surface area contributed by atoms with Crippen LogP contribution >= 0.6 is 0 Å². The summed E-state index contributed by atoms with van der Waals surface area (Å²) in [5.74, 6) is -1.35. The van der Waals surface area contributed by atoms with Gasteiger partial charge in [0.1, 0.15) is 11.4 Å². The average Bonchev–Trinajstić information content (AvgIpc) is 2.45. The second kappa shape index (κ2) is 6.31. The maximum absolute atomic E-state index is 12.3. The third-order valence-electron chi connectivity index (χ3n) is 2.44. The molecule has 0 saturated heterocycles. The predicted octanol–water partition coefficient (Wildman–Crippen LogP) is 3.39. The summed E-state index contributed by atoms with van der Waals surface area (Å²) in [5.41, 5.74) is 0.472. The van der Waals surface area contributed by atoms with Crippen molar-refractivity contribution in [1.82, 2.24) is 0 Å². The van der Waals surface area contributed by atoms with Crippen LogP contribution in [0.15, 0.2) is 58.8 Å². The molecule has 2 aromatic rings. The van der Waals surface area contributed by atoms with E-state index in [4.69, 9.17) is 5.11 Å². The van der Waals surface area contributed by atoms with Gasteiger partial charge in [0.25, 0.3) is 0 Å². The van der Waals surface area contributed by atoms with Crippen LogP contribution in [0.3, 0.4) is 0 Å². The van der Waals surface area contributed by atoms with Crippen LogP contribution < -0.4 is 4.18 Å². The molecule has 2 aromatic carbocycles. The van der Waals surface area contributed by atoms with Gasteiger partial charge in [0, 0.05) is 0 Å². The van der Waals surface area contributed by atoms with Gasteiger partial charge in [-0.15, -0.1) is 5.11 Å². The van der Waals surface area contributed by atoms with Crippen molar-refractivity contribution in [3.8, 4) is 5.75 Å². The monoisotopic (exact) mass is 324 g/mol. The minimum Gasteiger partial charge on any atom is -0.478 e. The average molecular weight is 324 g/mol. The van der Waals surface area contributed by atoms with Crippen LogP contribution in [0.4, 0.5) is 15.3 Å². The Labute approximate surface area is 125 Å². The van der Waals surface area contributed by atoms with Gasteiger partial charge in [0.05, 0.1) is 11.3 Å². The minimum absolute atomic E-state index is 0.00488. The highest BCUT2D eigenvalue weighted by Crippen LogP contribution is 2.24. The van der Waals surface area contributed by atoms with E-state index in [9.17, 15) is 17.1 Å². The molecule has 0 aliphatic heterocycles. The van der Waals surface area contributed by atoms with Gasteiger partial charge in [-0.25, -0.2) is 4.79 Å². The smallest absolute Gasteiger partial charge is 0.478 e. The first kappa shape index (κ1) is 15.6. The Bertz CT molecular complexity index is 819. The summed E-state index contributed by atoms with van der Waals surface area (Å²) in [6.07, 6.45) is 0. The van der Waals surface area contributed by atoms with E-state index in [2.05, 4.69) is 14.4 Å². The largest absolute Gasteiger partial charge is 0.488 e. The zero-order valence-electron chi connectivity index (χ0n) is 10.9. The van der Waals surface area contributed by atoms with Crippen LogP contribution in [-0.4, -0.2) is 19.5 Å². The lowest BCUT2D eigenvalue weighted by atomic mass is 10.2. The number of carbonyl (C=O) groups is 1. The van der Waals surface area contributed by atoms with E-state index < -0.39 is 16.5 Å². The van der Waals surface area contributed by atoms with E-state index in [-0.39, 0.29) is 17.0 Å². The summed E-state index contributed by atoms with van der Waals surface area (Å²) in [6.45, 7) is 0. The molecule has 0 amide bonds. The highest BCUT2D eigenvalue weighted by Gasteiger charge is 2.09. The Hall–Kier alpha value is -2.81. The zero-order valence-corrected chi connectivity index (χ0v) is 11.7. The minimum atomic E-state index is -5.08. The molecule has 1 N–H and O–H groups in total. The van der Waals surface area contributed by atoms with Crippen molar-refractivity contribution in [3.05, 3.63) is 54.1 Å². The molecule has 0 aliphatic carbocycles. The molecule has 0 saturated carbocycles. The van der Waals surface area contributed by atoms with Gasteiger partial charge in [0.15, 0.2) is 0 Å². The van der Waals surface area contributed by atoms with Crippen molar-refractivity contribution in [2.24, 2.45) is 10.2 Å². The second-order valence-electron chi connectivity index (χ2n) is 3.99. The first-order valence-corrected chi connectivity index (χ1v) is 7.14. The highest BCUT2D eigenvalue weighted by molar-refractivity contribution is 7.81. The number of benzene rings is 2. The Morgan fingerprint density at radius 3 is 2.27 bits per heavy atom.